The summed E-state index contributed by atoms with van der Waals surface area (Å²) in [5, 5.41) is 0.632. The highest BCUT2D eigenvalue weighted by atomic mass is 16.5. The van der Waals surface area contributed by atoms with E-state index in [1.165, 1.54) is 0 Å². The molecule has 1 saturated heterocycles. The number of benzene rings is 1. The van der Waals surface area contributed by atoms with Gasteiger partial charge in [-0.2, -0.15) is 0 Å². The van der Waals surface area contributed by atoms with Gasteiger partial charge < -0.3 is 13.9 Å². The number of nitrogens with zero attached hydrogens (tertiary/aromatic N) is 1. The summed E-state index contributed by atoms with van der Waals surface area (Å²) < 4.78 is 15.9. The summed E-state index contributed by atoms with van der Waals surface area (Å²) in [7, 11) is 0. The number of amides is 2. The maximum Gasteiger partial charge on any atom is 0.374 e. The Bertz CT molecular complexity index is 984. The Kier molecular flexibility index (Phi) is 5.57. The predicted octanol–water partition coefficient (Wildman–Crippen LogP) is 2.83. The van der Waals surface area contributed by atoms with E-state index in [1.54, 1.807) is 31.2 Å². The normalized spacial score (nSPS) is 21.0. The van der Waals surface area contributed by atoms with Crippen molar-refractivity contribution in [3.63, 3.8) is 0 Å². The smallest absolute Gasteiger partial charge is 0.374 e. The van der Waals surface area contributed by atoms with Gasteiger partial charge in [0.25, 0.3) is 0 Å². The van der Waals surface area contributed by atoms with Crippen LogP contribution in [-0.4, -0.2) is 41.8 Å². The average Bonchev–Trinajstić information content (AvgIpc) is 3.24. The fraction of sp³-hybridized carbons (Fsp3) is 0.455. The van der Waals surface area contributed by atoms with E-state index in [0.717, 1.165) is 17.7 Å². The van der Waals surface area contributed by atoms with Crippen LogP contribution < -0.4 is 0 Å². The molecule has 30 heavy (non-hydrogen) atoms. The Hall–Kier alpha value is -3.16. The molecule has 0 N–H and O–H groups in total. The molecule has 1 saturated carbocycles. The summed E-state index contributed by atoms with van der Waals surface area (Å²) in [5.41, 5.74) is 0.866. The van der Waals surface area contributed by atoms with Gasteiger partial charge in [0.15, 0.2) is 0 Å². The third-order valence-corrected chi connectivity index (χ3v) is 5.76. The maximum atomic E-state index is 12.5. The van der Waals surface area contributed by atoms with E-state index in [2.05, 4.69) is 0 Å². The summed E-state index contributed by atoms with van der Waals surface area (Å²) in [6, 6.07) is 7.00. The fourth-order valence-corrected chi connectivity index (χ4v) is 4.32. The van der Waals surface area contributed by atoms with Crippen molar-refractivity contribution < 1.29 is 33.1 Å². The predicted molar refractivity (Wildman–Crippen MR) is 104 cm³/mol. The van der Waals surface area contributed by atoms with Crippen molar-refractivity contribution in [3.8, 4) is 0 Å². The molecule has 0 radical (unpaired) electrons. The Labute approximate surface area is 173 Å². The highest BCUT2D eigenvalue weighted by Gasteiger charge is 2.48. The van der Waals surface area contributed by atoms with E-state index in [-0.39, 0.29) is 42.6 Å². The Morgan fingerprint density at radius 3 is 2.40 bits per heavy atom. The zero-order valence-electron chi connectivity index (χ0n) is 16.7. The molecule has 2 atom stereocenters. The van der Waals surface area contributed by atoms with Crippen LogP contribution in [0.15, 0.2) is 28.7 Å². The van der Waals surface area contributed by atoms with Crippen molar-refractivity contribution in [1.82, 2.24) is 4.90 Å². The first-order valence-corrected chi connectivity index (χ1v) is 10.2. The van der Waals surface area contributed by atoms with E-state index < -0.39 is 18.5 Å². The number of likely N-dealkylation sites (tertiary alicyclic amines) is 1. The zero-order valence-corrected chi connectivity index (χ0v) is 16.7. The summed E-state index contributed by atoms with van der Waals surface area (Å²) >= 11 is 0. The van der Waals surface area contributed by atoms with Gasteiger partial charge in [0.05, 0.1) is 24.0 Å². The minimum atomic E-state index is -0.713. The Balaban J connectivity index is 1.47. The molecule has 1 aromatic carbocycles. The standard InChI is InChI=1S/C22H23NO7/c1-2-28-22(27)19-16(13-7-5-6-10-17(13)30-19)12-29-18(24)11-23-20(25)14-8-3-4-9-15(14)21(23)26/h5-7,10,14-15H,2-4,8-9,11-12H2,1H3/t14-,15-/m0/s1. The number of hydrogen-bond donors (Lipinski definition) is 0. The molecule has 158 valence electrons. The van der Waals surface area contributed by atoms with Crippen molar-refractivity contribution in [2.24, 2.45) is 11.8 Å². The van der Waals surface area contributed by atoms with Gasteiger partial charge in [-0.05, 0) is 25.8 Å². The second-order valence-corrected chi connectivity index (χ2v) is 7.55. The molecular weight excluding hydrogens is 390 g/mol. The van der Waals surface area contributed by atoms with Crippen molar-refractivity contribution in [3.05, 3.63) is 35.6 Å². The summed E-state index contributed by atoms with van der Waals surface area (Å²) in [6.07, 6.45) is 3.21. The number of carbonyl (C=O) groups excluding carboxylic acids is 4. The van der Waals surface area contributed by atoms with Crippen molar-refractivity contribution in [2.75, 3.05) is 13.2 Å². The number of fused-ring (bicyclic) bond motifs is 2. The molecular formula is C22H23NO7. The molecule has 2 amide bonds. The van der Waals surface area contributed by atoms with Gasteiger partial charge in [0.2, 0.25) is 17.6 Å². The van der Waals surface area contributed by atoms with Crippen LogP contribution in [0, 0.1) is 11.8 Å². The van der Waals surface area contributed by atoms with Crippen LogP contribution in [-0.2, 0) is 30.5 Å². The van der Waals surface area contributed by atoms with Crippen LogP contribution in [0.2, 0.25) is 0 Å². The fourth-order valence-electron chi connectivity index (χ4n) is 4.32. The highest BCUT2D eigenvalue weighted by Crippen LogP contribution is 2.38. The topological polar surface area (TPSA) is 103 Å². The lowest BCUT2D eigenvalue weighted by Crippen LogP contribution is -2.36. The molecule has 2 fully saturated rings. The number of rotatable bonds is 6. The second-order valence-electron chi connectivity index (χ2n) is 7.55. The largest absolute Gasteiger partial charge is 0.460 e. The van der Waals surface area contributed by atoms with Gasteiger partial charge >= 0.3 is 11.9 Å². The lowest BCUT2D eigenvalue weighted by molar-refractivity contribution is -0.153. The molecule has 8 heteroatoms. The number of para-hydroxylation sites is 1. The molecule has 0 bridgehead atoms. The van der Waals surface area contributed by atoms with E-state index >= 15 is 0 Å². The SMILES string of the molecule is CCOC(=O)c1oc2ccccc2c1COC(=O)CN1C(=O)[C@H]2CCCC[C@@H]2C1=O. The van der Waals surface area contributed by atoms with Gasteiger partial charge in [-0.3, -0.25) is 19.3 Å². The molecule has 1 aliphatic carbocycles. The maximum absolute atomic E-state index is 12.5. The van der Waals surface area contributed by atoms with Crippen LogP contribution in [0.4, 0.5) is 0 Å². The minimum Gasteiger partial charge on any atom is -0.460 e. The monoisotopic (exact) mass is 413 g/mol. The molecule has 0 unspecified atom stereocenters. The van der Waals surface area contributed by atoms with Gasteiger partial charge in [0, 0.05) is 5.39 Å². The van der Waals surface area contributed by atoms with Crippen LogP contribution in [0.1, 0.15) is 48.7 Å². The quantitative estimate of drug-likeness (QED) is 0.530. The van der Waals surface area contributed by atoms with Gasteiger partial charge in [-0.1, -0.05) is 31.0 Å². The molecule has 1 aromatic heterocycles. The van der Waals surface area contributed by atoms with Crippen molar-refractivity contribution in [2.45, 2.75) is 39.2 Å². The first-order chi connectivity index (χ1) is 14.5. The van der Waals surface area contributed by atoms with Crippen molar-refractivity contribution >= 4 is 34.7 Å². The first kappa shape index (κ1) is 20.1. The molecule has 2 aliphatic rings. The van der Waals surface area contributed by atoms with E-state index in [9.17, 15) is 19.2 Å². The second kappa shape index (κ2) is 8.30. The minimum absolute atomic E-state index is 0.0230. The van der Waals surface area contributed by atoms with Crippen LogP contribution in [0.25, 0.3) is 11.0 Å². The Morgan fingerprint density at radius 1 is 1.07 bits per heavy atom. The molecule has 8 nitrogen and oxygen atoms in total. The van der Waals surface area contributed by atoms with Gasteiger partial charge in [0.1, 0.15) is 18.7 Å². The van der Waals surface area contributed by atoms with Gasteiger partial charge in [-0.25, -0.2) is 4.79 Å². The van der Waals surface area contributed by atoms with Crippen LogP contribution in [0.5, 0.6) is 0 Å². The molecule has 2 aromatic rings. The number of ether oxygens (including phenoxy) is 2. The average molecular weight is 413 g/mol. The summed E-state index contributed by atoms with van der Waals surface area (Å²) in [4.78, 5) is 50.7. The van der Waals surface area contributed by atoms with Crippen LogP contribution >= 0.6 is 0 Å². The number of carbonyl (C=O) groups is 4. The van der Waals surface area contributed by atoms with Crippen LogP contribution in [0.3, 0.4) is 0 Å². The molecule has 2 heterocycles. The molecule has 0 spiro atoms. The number of hydrogen-bond acceptors (Lipinski definition) is 7. The third kappa shape index (κ3) is 3.58. The first-order valence-electron chi connectivity index (χ1n) is 10.2. The van der Waals surface area contributed by atoms with E-state index in [0.29, 0.717) is 29.4 Å². The number of imide groups is 1. The molecule has 1 aliphatic heterocycles. The van der Waals surface area contributed by atoms with Crippen molar-refractivity contribution in [1.29, 1.82) is 0 Å². The lowest BCUT2D eigenvalue weighted by atomic mass is 9.81. The zero-order chi connectivity index (χ0) is 21.3. The van der Waals surface area contributed by atoms with E-state index in [1.807, 2.05) is 0 Å². The summed E-state index contributed by atoms with van der Waals surface area (Å²) in [5.74, 6) is -2.58. The highest BCUT2D eigenvalue weighted by molar-refractivity contribution is 6.07. The third-order valence-electron chi connectivity index (χ3n) is 5.76. The van der Waals surface area contributed by atoms with E-state index in [4.69, 9.17) is 13.9 Å². The Morgan fingerprint density at radius 2 is 1.73 bits per heavy atom. The summed E-state index contributed by atoms with van der Waals surface area (Å²) in [6.45, 7) is 1.21. The van der Waals surface area contributed by atoms with Gasteiger partial charge in [-0.15, -0.1) is 0 Å². The molecule has 4 rings (SSSR count). The number of furan rings is 1. The number of esters is 2. The lowest BCUT2D eigenvalue weighted by Gasteiger charge is -2.19.